The number of hydrogen-bond donors (Lipinski definition) is 1. The normalized spacial score (nSPS) is 11.9. The summed E-state index contributed by atoms with van der Waals surface area (Å²) >= 11 is 6.89. The third-order valence-electron chi connectivity index (χ3n) is 7.07. The smallest absolute Gasteiger partial charge is 0.264 e. The molecule has 7 nitrogen and oxygen atoms in total. The van der Waals surface area contributed by atoms with Gasteiger partial charge < -0.3 is 10.2 Å². The maximum absolute atomic E-state index is 14.4. The lowest BCUT2D eigenvalue weighted by Gasteiger charge is -2.34. The Morgan fingerprint density at radius 2 is 1.50 bits per heavy atom. The second-order valence-corrected chi connectivity index (χ2v) is 14.1. The summed E-state index contributed by atoms with van der Waals surface area (Å²) in [4.78, 5) is 29.7. The van der Waals surface area contributed by atoms with E-state index >= 15 is 0 Å². The van der Waals surface area contributed by atoms with Crippen molar-refractivity contribution in [1.82, 2.24) is 10.2 Å². The number of nitrogens with zero attached hydrogens (tertiary/aromatic N) is 2. The van der Waals surface area contributed by atoms with Crippen LogP contribution in [0.25, 0.3) is 0 Å². The van der Waals surface area contributed by atoms with E-state index in [1.54, 1.807) is 36.4 Å². The molecule has 0 aliphatic carbocycles. The molecule has 0 spiro atoms. The molecule has 10 heteroatoms. The summed E-state index contributed by atoms with van der Waals surface area (Å²) in [5.41, 5.74) is 2.93. The van der Waals surface area contributed by atoms with Crippen LogP contribution in [0.15, 0.2) is 117 Å². The van der Waals surface area contributed by atoms with Crippen molar-refractivity contribution in [3.63, 3.8) is 0 Å². The third kappa shape index (κ3) is 8.80. The highest BCUT2D eigenvalue weighted by molar-refractivity contribution is 9.10. The summed E-state index contributed by atoms with van der Waals surface area (Å²) in [6.45, 7) is 3.90. The zero-order valence-electron chi connectivity index (χ0n) is 24.6. The summed E-state index contributed by atoms with van der Waals surface area (Å²) in [6, 6.07) is 29.5. The average molecular weight is 742 g/mol. The number of anilines is 1. The molecule has 0 aliphatic heterocycles. The Hall–Kier alpha value is -3.47. The Labute approximate surface area is 276 Å². The maximum atomic E-state index is 14.4. The van der Waals surface area contributed by atoms with Crippen LogP contribution in [0.1, 0.15) is 30.0 Å². The van der Waals surface area contributed by atoms with Crippen molar-refractivity contribution in [3.8, 4) is 0 Å². The second-order valence-electron chi connectivity index (χ2n) is 10.4. The number of amides is 2. The number of aryl methyl sites for hydroxylation is 1. The van der Waals surface area contributed by atoms with E-state index in [1.165, 1.54) is 17.0 Å². The van der Waals surface area contributed by atoms with Gasteiger partial charge in [-0.1, -0.05) is 105 Å². The van der Waals surface area contributed by atoms with Crippen molar-refractivity contribution >= 4 is 59.4 Å². The summed E-state index contributed by atoms with van der Waals surface area (Å²) in [5.74, 6) is -0.798. The van der Waals surface area contributed by atoms with Gasteiger partial charge in [0.05, 0.1) is 10.6 Å². The number of hydrogen-bond acceptors (Lipinski definition) is 4. The topological polar surface area (TPSA) is 86.8 Å². The van der Waals surface area contributed by atoms with Gasteiger partial charge in [-0.3, -0.25) is 13.9 Å². The monoisotopic (exact) mass is 739 g/mol. The van der Waals surface area contributed by atoms with Gasteiger partial charge in [0, 0.05) is 28.5 Å². The highest BCUT2D eigenvalue weighted by Crippen LogP contribution is 2.27. The van der Waals surface area contributed by atoms with Crippen LogP contribution in [0, 0.1) is 6.92 Å². The minimum absolute atomic E-state index is 0.0665. The van der Waals surface area contributed by atoms with E-state index in [9.17, 15) is 18.0 Å². The molecule has 0 saturated heterocycles. The van der Waals surface area contributed by atoms with Crippen molar-refractivity contribution < 1.29 is 18.0 Å². The van der Waals surface area contributed by atoms with Crippen LogP contribution in [0.5, 0.6) is 0 Å². The molecule has 1 N–H and O–H groups in total. The Kier molecular flexibility index (Phi) is 11.8. The van der Waals surface area contributed by atoms with Crippen LogP contribution >= 0.6 is 31.9 Å². The number of nitrogens with one attached hydrogen (secondary N) is 1. The first-order valence-electron chi connectivity index (χ1n) is 14.3. The van der Waals surface area contributed by atoms with Gasteiger partial charge in [-0.2, -0.15) is 0 Å². The van der Waals surface area contributed by atoms with Crippen LogP contribution in [0.3, 0.4) is 0 Å². The molecule has 4 aromatic rings. The van der Waals surface area contributed by atoms with E-state index in [2.05, 4.69) is 37.2 Å². The Morgan fingerprint density at radius 3 is 2.14 bits per heavy atom. The summed E-state index contributed by atoms with van der Waals surface area (Å²) in [7, 11) is -4.16. The lowest BCUT2D eigenvalue weighted by atomic mass is 10.0. The van der Waals surface area contributed by atoms with E-state index in [0.29, 0.717) is 16.7 Å². The van der Waals surface area contributed by atoms with Gasteiger partial charge in [0.1, 0.15) is 12.6 Å². The van der Waals surface area contributed by atoms with E-state index in [1.807, 2.05) is 68.4 Å². The molecule has 0 aromatic heterocycles. The van der Waals surface area contributed by atoms with Gasteiger partial charge in [0.2, 0.25) is 11.8 Å². The van der Waals surface area contributed by atoms with Gasteiger partial charge in [-0.15, -0.1) is 0 Å². The molecular formula is C34H35Br2N3O4S. The fourth-order valence-electron chi connectivity index (χ4n) is 4.70. The number of carbonyl (C=O) groups excluding carboxylic acids is 2. The van der Waals surface area contributed by atoms with Gasteiger partial charge in [-0.25, -0.2) is 8.42 Å². The van der Waals surface area contributed by atoms with Crippen molar-refractivity contribution in [3.05, 3.63) is 129 Å². The molecule has 2 amide bonds. The summed E-state index contributed by atoms with van der Waals surface area (Å²) < 4.78 is 30.9. The van der Waals surface area contributed by atoms with Crippen molar-refractivity contribution in [2.75, 3.05) is 17.4 Å². The van der Waals surface area contributed by atoms with E-state index in [-0.39, 0.29) is 23.8 Å². The maximum Gasteiger partial charge on any atom is 0.264 e. The molecule has 0 saturated carbocycles. The highest BCUT2D eigenvalue weighted by Gasteiger charge is 2.34. The van der Waals surface area contributed by atoms with Crippen molar-refractivity contribution in [1.29, 1.82) is 0 Å². The molecule has 0 aliphatic rings. The molecule has 1 atom stereocenters. The van der Waals surface area contributed by atoms with E-state index in [0.717, 1.165) is 31.9 Å². The SMILES string of the molecule is CCCNC(=O)[C@H](Cc1ccccc1)N(Cc1ccc(Br)cc1)C(=O)CN(c1cccc(Br)c1)S(=O)(=O)c1ccc(C)cc1. The number of rotatable bonds is 13. The number of halogens is 2. The zero-order chi connectivity index (χ0) is 31.7. The highest BCUT2D eigenvalue weighted by atomic mass is 79.9. The summed E-state index contributed by atoms with van der Waals surface area (Å²) in [6.07, 6.45) is 0.996. The molecule has 0 bridgehead atoms. The Balaban J connectivity index is 1.79. The van der Waals surface area contributed by atoms with Crippen LogP contribution in [0.2, 0.25) is 0 Å². The molecular weight excluding hydrogens is 706 g/mol. The molecule has 4 aromatic carbocycles. The van der Waals surface area contributed by atoms with E-state index < -0.39 is 28.5 Å². The molecule has 0 heterocycles. The first-order valence-corrected chi connectivity index (χ1v) is 17.3. The molecule has 0 radical (unpaired) electrons. The fraction of sp³-hybridized carbons (Fsp3) is 0.235. The third-order valence-corrected chi connectivity index (χ3v) is 9.88. The van der Waals surface area contributed by atoms with Crippen molar-refractivity contribution in [2.45, 2.75) is 44.2 Å². The fourth-order valence-corrected chi connectivity index (χ4v) is 6.76. The standard InChI is InChI=1S/C34H35Br2N3O4S/c1-3-20-37-34(41)32(21-26-8-5-4-6-9-26)38(23-27-14-16-28(35)17-15-27)33(40)24-39(30-11-7-10-29(36)22-30)44(42,43)31-18-12-25(2)13-19-31/h4-19,22,32H,3,20-21,23-24H2,1-2H3,(H,37,41)/t32-/m0/s1. The lowest BCUT2D eigenvalue weighted by Crippen LogP contribution is -2.53. The molecule has 0 fully saturated rings. The number of sulfonamides is 1. The predicted octanol–water partition coefficient (Wildman–Crippen LogP) is 6.88. The van der Waals surface area contributed by atoms with E-state index in [4.69, 9.17) is 0 Å². The number of carbonyl (C=O) groups is 2. The minimum Gasteiger partial charge on any atom is -0.354 e. The van der Waals surface area contributed by atoms with Crippen LogP contribution in [-0.4, -0.2) is 44.3 Å². The second kappa shape index (κ2) is 15.5. The van der Waals surface area contributed by atoms with Crippen LogP contribution < -0.4 is 9.62 Å². The summed E-state index contributed by atoms with van der Waals surface area (Å²) in [5, 5.41) is 2.96. The van der Waals surface area contributed by atoms with Gasteiger partial charge in [0.15, 0.2) is 0 Å². The average Bonchev–Trinajstić information content (AvgIpc) is 3.01. The van der Waals surface area contributed by atoms with Crippen LogP contribution in [0.4, 0.5) is 5.69 Å². The van der Waals surface area contributed by atoms with Crippen molar-refractivity contribution in [2.24, 2.45) is 0 Å². The first kappa shape index (κ1) is 33.4. The quantitative estimate of drug-likeness (QED) is 0.162. The number of benzene rings is 4. The van der Waals surface area contributed by atoms with Gasteiger partial charge in [-0.05, 0) is 66.9 Å². The Bertz CT molecular complexity index is 1670. The molecule has 4 rings (SSSR count). The minimum atomic E-state index is -4.16. The molecule has 44 heavy (non-hydrogen) atoms. The molecule has 230 valence electrons. The van der Waals surface area contributed by atoms with Gasteiger partial charge >= 0.3 is 0 Å². The first-order chi connectivity index (χ1) is 21.1. The lowest BCUT2D eigenvalue weighted by molar-refractivity contribution is -0.140. The zero-order valence-corrected chi connectivity index (χ0v) is 28.6. The largest absolute Gasteiger partial charge is 0.354 e. The predicted molar refractivity (Wildman–Crippen MR) is 182 cm³/mol. The molecule has 0 unspecified atom stereocenters. The van der Waals surface area contributed by atoms with Gasteiger partial charge in [0.25, 0.3) is 10.0 Å². The van der Waals surface area contributed by atoms with Crippen LogP contribution in [-0.2, 0) is 32.6 Å². The Morgan fingerprint density at radius 1 is 0.818 bits per heavy atom.